The average molecular weight is 401 g/mol. The van der Waals surface area contributed by atoms with Crippen LogP contribution in [0.1, 0.15) is 36.8 Å². The van der Waals surface area contributed by atoms with E-state index in [1.165, 1.54) is 24.8 Å². The molecule has 0 aromatic heterocycles. The van der Waals surface area contributed by atoms with Crippen LogP contribution >= 0.6 is 24.0 Å². The van der Waals surface area contributed by atoms with Crippen LogP contribution in [0.25, 0.3) is 0 Å². The van der Waals surface area contributed by atoms with Gasteiger partial charge >= 0.3 is 0 Å². The quantitative estimate of drug-likeness (QED) is 0.411. The summed E-state index contributed by atoms with van der Waals surface area (Å²) in [5.74, 6) is 1.20. The summed E-state index contributed by atoms with van der Waals surface area (Å²) in [7, 11) is 0. The van der Waals surface area contributed by atoms with Crippen molar-refractivity contribution in [3.8, 4) is 0 Å². The normalized spacial score (nSPS) is 24.9. The number of hydrogen-bond acceptors (Lipinski definition) is 2. The van der Waals surface area contributed by atoms with Crippen LogP contribution in [-0.2, 0) is 12.0 Å². The van der Waals surface area contributed by atoms with Crippen LogP contribution in [-0.4, -0.2) is 24.2 Å². The first-order valence-corrected chi connectivity index (χ1v) is 7.52. The van der Waals surface area contributed by atoms with Crippen LogP contribution in [0, 0.1) is 5.92 Å². The summed E-state index contributed by atoms with van der Waals surface area (Å²) >= 11 is 0. The zero-order chi connectivity index (χ0) is 14.0. The van der Waals surface area contributed by atoms with E-state index in [1.54, 1.807) is 0 Å². The SMILES string of the molecule is I.NC(=NCC1(O)CCc2ccccc21)NCC1CCC1. The van der Waals surface area contributed by atoms with Crippen molar-refractivity contribution in [2.24, 2.45) is 16.6 Å². The molecule has 1 aromatic carbocycles. The van der Waals surface area contributed by atoms with Crippen LogP contribution in [0.4, 0.5) is 0 Å². The average Bonchev–Trinajstić information content (AvgIpc) is 2.74. The zero-order valence-corrected chi connectivity index (χ0v) is 14.5. The van der Waals surface area contributed by atoms with E-state index in [2.05, 4.69) is 16.4 Å². The minimum absolute atomic E-state index is 0. The molecule has 1 aromatic rings. The maximum Gasteiger partial charge on any atom is 0.188 e. The molecule has 1 fully saturated rings. The molecule has 2 aliphatic carbocycles. The summed E-state index contributed by atoms with van der Waals surface area (Å²) in [6.45, 7) is 1.25. The maximum atomic E-state index is 10.7. The molecule has 4 nitrogen and oxygen atoms in total. The van der Waals surface area contributed by atoms with Gasteiger partial charge in [0, 0.05) is 6.54 Å². The third kappa shape index (κ3) is 3.69. The van der Waals surface area contributed by atoms with Gasteiger partial charge < -0.3 is 16.2 Å². The first kappa shape index (κ1) is 16.5. The van der Waals surface area contributed by atoms with Crippen molar-refractivity contribution in [3.05, 3.63) is 35.4 Å². The molecule has 3 rings (SSSR count). The first-order chi connectivity index (χ1) is 9.67. The van der Waals surface area contributed by atoms with Crippen LogP contribution < -0.4 is 11.1 Å². The number of nitrogens with one attached hydrogen (secondary N) is 1. The van der Waals surface area contributed by atoms with Gasteiger partial charge in [0.1, 0.15) is 5.60 Å². The summed E-state index contributed by atoms with van der Waals surface area (Å²) in [5, 5.41) is 13.9. The van der Waals surface area contributed by atoms with Gasteiger partial charge in [0.25, 0.3) is 0 Å². The largest absolute Gasteiger partial charge is 0.383 e. The highest BCUT2D eigenvalue weighted by Crippen LogP contribution is 2.36. The van der Waals surface area contributed by atoms with Crippen molar-refractivity contribution < 1.29 is 5.11 Å². The van der Waals surface area contributed by atoms with E-state index in [-0.39, 0.29) is 24.0 Å². The van der Waals surface area contributed by atoms with E-state index in [9.17, 15) is 5.11 Å². The van der Waals surface area contributed by atoms with Crippen molar-refractivity contribution in [3.63, 3.8) is 0 Å². The highest BCUT2D eigenvalue weighted by Gasteiger charge is 2.36. The van der Waals surface area contributed by atoms with Gasteiger partial charge in [-0.2, -0.15) is 0 Å². The van der Waals surface area contributed by atoms with E-state index in [4.69, 9.17) is 5.73 Å². The number of guanidine groups is 1. The fraction of sp³-hybridized carbons (Fsp3) is 0.562. The Hall–Kier alpha value is -0.820. The molecule has 21 heavy (non-hydrogen) atoms. The number of fused-ring (bicyclic) bond motifs is 1. The maximum absolute atomic E-state index is 10.7. The Morgan fingerprint density at radius 1 is 1.38 bits per heavy atom. The van der Waals surface area contributed by atoms with Gasteiger partial charge in [0.05, 0.1) is 6.54 Å². The fourth-order valence-electron chi connectivity index (χ4n) is 3.05. The molecule has 0 heterocycles. The standard InChI is InChI=1S/C16H23N3O.HI/c17-15(18-10-12-4-3-5-12)19-11-16(20)9-8-13-6-1-2-7-14(13)16;/h1-2,6-7,12,20H,3-5,8-11H2,(H3,17,18,19);1H. The van der Waals surface area contributed by atoms with Gasteiger partial charge in [-0.1, -0.05) is 30.7 Å². The second-order valence-corrected chi connectivity index (χ2v) is 6.07. The monoisotopic (exact) mass is 401 g/mol. The minimum atomic E-state index is -0.848. The second kappa shape index (κ2) is 6.96. The minimum Gasteiger partial charge on any atom is -0.383 e. The van der Waals surface area contributed by atoms with Gasteiger partial charge in [0.15, 0.2) is 5.96 Å². The molecule has 0 bridgehead atoms. The Kier molecular flexibility index (Phi) is 5.48. The molecule has 1 unspecified atom stereocenters. The number of halogens is 1. The van der Waals surface area contributed by atoms with Crippen LogP contribution in [0.3, 0.4) is 0 Å². The predicted molar refractivity (Wildman–Crippen MR) is 95.9 cm³/mol. The molecular weight excluding hydrogens is 377 g/mol. The third-order valence-electron chi connectivity index (χ3n) is 4.63. The van der Waals surface area contributed by atoms with Gasteiger partial charge in [-0.3, -0.25) is 4.99 Å². The van der Waals surface area contributed by atoms with Crippen molar-refractivity contribution >= 4 is 29.9 Å². The Labute approximate surface area is 143 Å². The van der Waals surface area contributed by atoms with Gasteiger partial charge in [0.2, 0.25) is 0 Å². The molecule has 116 valence electrons. The van der Waals surface area contributed by atoms with Gasteiger partial charge in [-0.05, 0) is 42.7 Å². The number of aryl methyl sites for hydroxylation is 1. The van der Waals surface area contributed by atoms with Crippen molar-refractivity contribution in [1.82, 2.24) is 5.32 Å². The summed E-state index contributed by atoms with van der Waals surface area (Å²) in [4.78, 5) is 4.34. The summed E-state index contributed by atoms with van der Waals surface area (Å²) in [5.41, 5.74) is 7.28. The molecule has 0 radical (unpaired) electrons. The van der Waals surface area contributed by atoms with Crippen LogP contribution in [0.2, 0.25) is 0 Å². The Morgan fingerprint density at radius 3 is 2.86 bits per heavy atom. The molecule has 1 saturated carbocycles. The number of hydrogen-bond donors (Lipinski definition) is 3. The number of aliphatic imine (C=N–C) groups is 1. The van der Waals surface area contributed by atoms with Gasteiger partial charge in [-0.25, -0.2) is 0 Å². The lowest BCUT2D eigenvalue weighted by Crippen LogP contribution is -2.38. The van der Waals surface area contributed by atoms with Crippen LogP contribution in [0.5, 0.6) is 0 Å². The molecule has 2 aliphatic rings. The molecule has 0 amide bonds. The Balaban J connectivity index is 0.00000161. The number of nitrogens with two attached hydrogens (primary N) is 1. The number of rotatable bonds is 4. The Bertz CT molecular complexity index is 516. The smallest absolute Gasteiger partial charge is 0.188 e. The number of nitrogens with zero attached hydrogens (tertiary/aromatic N) is 1. The van der Waals surface area contributed by atoms with E-state index in [0.29, 0.717) is 12.5 Å². The molecule has 0 aliphatic heterocycles. The predicted octanol–water partition coefficient (Wildman–Crippen LogP) is 2.14. The lowest BCUT2D eigenvalue weighted by Gasteiger charge is -2.26. The van der Waals surface area contributed by atoms with E-state index >= 15 is 0 Å². The number of benzene rings is 1. The Morgan fingerprint density at radius 2 is 2.14 bits per heavy atom. The lowest BCUT2D eigenvalue weighted by atomic mass is 9.85. The fourth-order valence-corrected chi connectivity index (χ4v) is 3.05. The molecular formula is C16H24IN3O. The lowest BCUT2D eigenvalue weighted by molar-refractivity contribution is 0.0486. The zero-order valence-electron chi connectivity index (χ0n) is 12.2. The highest BCUT2D eigenvalue weighted by molar-refractivity contribution is 14.0. The molecule has 1 atom stereocenters. The summed E-state index contributed by atoms with van der Waals surface area (Å²) in [6, 6.07) is 8.06. The van der Waals surface area contributed by atoms with Gasteiger partial charge in [-0.15, -0.1) is 24.0 Å². The summed E-state index contributed by atoms with van der Waals surface area (Å²) < 4.78 is 0. The van der Waals surface area contributed by atoms with Crippen molar-refractivity contribution in [2.75, 3.05) is 13.1 Å². The third-order valence-corrected chi connectivity index (χ3v) is 4.63. The molecule has 0 saturated heterocycles. The molecule has 4 N–H and O–H groups in total. The number of aliphatic hydroxyl groups is 1. The summed E-state index contributed by atoms with van der Waals surface area (Å²) in [6.07, 6.45) is 5.55. The first-order valence-electron chi connectivity index (χ1n) is 7.52. The highest BCUT2D eigenvalue weighted by atomic mass is 127. The van der Waals surface area contributed by atoms with E-state index < -0.39 is 5.60 Å². The van der Waals surface area contributed by atoms with Crippen molar-refractivity contribution in [2.45, 2.75) is 37.7 Å². The second-order valence-electron chi connectivity index (χ2n) is 6.07. The topological polar surface area (TPSA) is 70.6 Å². The van der Waals surface area contributed by atoms with E-state index in [1.807, 2.05) is 18.2 Å². The molecule has 0 spiro atoms. The van der Waals surface area contributed by atoms with E-state index in [0.717, 1.165) is 30.9 Å². The van der Waals surface area contributed by atoms with Crippen molar-refractivity contribution in [1.29, 1.82) is 0 Å². The van der Waals surface area contributed by atoms with Crippen LogP contribution in [0.15, 0.2) is 29.3 Å². The molecule has 5 heteroatoms.